The van der Waals surface area contributed by atoms with Crippen molar-refractivity contribution in [2.45, 2.75) is 32.4 Å². The van der Waals surface area contributed by atoms with Crippen LogP contribution in [0.5, 0.6) is 5.75 Å². The van der Waals surface area contributed by atoms with Crippen molar-refractivity contribution >= 4 is 17.1 Å². The predicted molar refractivity (Wildman–Crippen MR) is 104 cm³/mol. The molecule has 2 heterocycles. The van der Waals surface area contributed by atoms with E-state index >= 15 is 0 Å². The fraction of sp³-hybridized carbons (Fsp3) is 0.450. The average molecular weight is 375 g/mol. The number of morpholine rings is 1. The van der Waals surface area contributed by atoms with Gasteiger partial charge in [-0.3, -0.25) is 9.69 Å². The molecular formula is C20H26N2O3S. The van der Waals surface area contributed by atoms with Gasteiger partial charge in [-0.05, 0) is 29.0 Å². The summed E-state index contributed by atoms with van der Waals surface area (Å²) < 4.78 is 5.39. The highest BCUT2D eigenvalue weighted by molar-refractivity contribution is 7.12. The highest BCUT2D eigenvalue weighted by Crippen LogP contribution is 2.38. The van der Waals surface area contributed by atoms with Crippen LogP contribution in [0.15, 0.2) is 29.6 Å². The summed E-state index contributed by atoms with van der Waals surface area (Å²) in [5.74, 6) is 0.139. The van der Waals surface area contributed by atoms with E-state index in [9.17, 15) is 9.90 Å². The first-order valence-corrected chi connectivity index (χ1v) is 9.70. The van der Waals surface area contributed by atoms with Crippen molar-refractivity contribution in [3.8, 4) is 5.75 Å². The topological polar surface area (TPSA) is 75.8 Å². The molecule has 1 fully saturated rings. The first-order chi connectivity index (χ1) is 12.3. The minimum absolute atomic E-state index is 0.0408. The quantitative estimate of drug-likeness (QED) is 0.804. The molecule has 2 aromatic rings. The number of carbonyl (C=O) groups is 1. The summed E-state index contributed by atoms with van der Waals surface area (Å²) in [6.07, 6.45) is -0.476. The fourth-order valence-electron chi connectivity index (χ4n) is 3.19. The van der Waals surface area contributed by atoms with E-state index < -0.39 is 6.17 Å². The molecule has 1 aromatic carbocycles. The van der Waals surface area contributed by atoms with Crippen molar-refractivity contribution in [2.75, 3.05) is 26.3 Å². The number of phenolic OH excluding ortho intramolecular Hbond substituents is 1. The van der Waals surface area contributed by atoms with E-state index in [4.69, 9.17) is 10.5 Å². The molecule has 1 aliphatic rings. The van der Waals surface area contributed by atoms with Gasteiger partial charge < -0.3 is 15.6 Å². The lowest BCUT2D eigenvalue weighted by atomic mass is 9.83. The molecule has 140 valence electrons. The molecule has 1 aliphatic heterocycles. The maximum Gasteiger partial charge on any atom is 0.202 e. The molecule has 1 unspecified atom stereocenters. The maximum atomic E-state index is 12.9. The Kier molecular flexibility index (Phi) is 5.48. The molecule has 1 aromatic heterocycles. The summed E-state index contributed by atoms with van der Waals surface area (Å²) in [5.41, 5.74) is 8.06. The Morgan fingerprint density at radius 3 is 2.58 bits per heavy atom. The number of ether oxygens (including phenoxy) is 1. The Morgan fingerprint density at radius 2 is 2.00 bits per heavy atom. The number of rotatable bonds is 4. The molecule has 0 bridgehead atoms. The maximum absolute atomic E-state index is 12.9. The van der Waals surface area contributed by atoms with Gasteiger partial charge in [-0.2, -0.15) is 0 Å². The summed E-state index contributed by atoms with van der Waals surface area (Å²) >= 11 is 1.42. The summed E-state index contributed by atoms with van der Waals surface area (Å²) in [4.78, 5) is 15.7. The van der Waals surface area contributed by atoms with Gasteiger partial charge >= 0.3 is 0 Å². The van der Waals surface area contributed by atoms with E-state index in [1.165, 1.54) is 11.3 Å². The van der Waals surface area contributed by atoms with Crippen molar-refractivity contribution in [2.24, 2.45) is 5.73 Å². The normalized spacial score (nSPS) is 17.2. The van der Waals surface area contributed by atoms with Crippen molar-refractivity contribution in [3.05, 3.63) is 51.2 Å². The summed E-state index contributed by atoms with van der Waals surface area (Å²) in [5, 5.41) is 12.8. The third kappa shape index (κ3) is 3.83. The lowest BCUT2D eigenvalue weighted by molar-refractivity contribution is 0.0168. The number of nitrogens with two attached hydrogens (primary N) is 1. The van der Waals surface area contributed by atoms with Gasteiger partial charge in [-0.15, -0.1) is 11.3 Å². The zero-order valence-corrected chi connectivity index (χ0v) is 16.3. The van der Waals surface area contributed by atoms with Crippen LogP contribution in [0.1, 0.15) is 53.3 Å². The molecule has 0 spiro atoms. The predicted octanol–water partition coefficient (Wildman–Crippen LogP) is 3.27. The molecule has 3 rings (SSSR count). The average Bonchev–Trinajstić information content (AvgIpc) is 3.15. The Labute approximate surface area is 158 Å². The number of benzene rings is 1. The third-order valence-electron chi connectivity index (χ3n) is 4.71. The van der Waals surface area contributed by atoms with Gasteiger partial charge in [0.1, 0.15) is 5.75 Å². The summed E-state index contributed by atoms with van der Waals surface area (Å²) in [6.45, 7) is 8.70. The zero-order chi connectivity index (χ0) is 18.9. The summed E-state index contributed by atoms with van der Waals surface area (Å²) in [6, 6.07) is 7.22. The molecule has 6 heteroatoms. The number of hydrogen-bond donors (Lipinski definition) is 2. The minimum atomic E-state index is -0.476. The van der Waals surface area contributed by atoms with E-state index in [0.717, 1.165) is 5.56 Å². The van der Waals surface area contributed by atoms with Gasteiger partial charge in [-0.25, -0.2) is 0 Å². The van der Waals surface area contributed by atoms with E-state index in [1.54, 1.807) is 12.1 Å². The Morgan fingerprint density at radius 1 is 1.31 bits per heavy atom. The molecule has 1 atom stereocenters. The van der Waals surface area contributed by atoms with Crippen LogP contribution in [0.25, 0.3) is 0 Å². The monoisotopic (exact) mass is 374 g/mol. The molecule has 0 amide bonds. The number of ketones is 1. The fourth-order valence-corrected chi connectivity index (χ4v) is 3.87. The second-order valence-corrected chi connectivity index (χ2v) is 8.56. The lowest BCUT2D eigenvalue weighted by Crippen LogP contribution is -2.42. The second kappa shape index (κ2) is 7.48. The Balaban J connectivity index is 2.07. The molecule has 0 aliphatic carbocycles. The number of nitrogens with zero attached hydrogens (tertiary/aromatic N) is 1. The van der Waals surface area contributed by atoms with Crippen LogP contribution in [-0.2, 0) is 10.2 Å². The minimum Gasteiger partial charge on any atom is -0.507 e. The van der Waals surface area contributed by atoms with Crippen LogP contribution >= 0.6 is 11.3 Å². The molecule has 5 nitrogen and oxygen atoms in total. The van der Waals surface area contributed by atoms with E-state index in [0.29, 0.717) is 42.3 Å². The Bertz CT molecular complexity index is 775. The summed E-state index contributed by atoms with van der Waals surface area (Å²) in [7, 11) is 0. The number of aromatic hydroxyl groups is 1. The van der Waals surface area contributed by atoms with Gasteiger partial charge in [0.05, 0.1) is 24.3 Å². The van der Waals surface area contributed by atoms with Crippen LogP contribution in [0.2, 0.25) is 0 Å². The first-order valence-electron chi connectivity index (χ1n) is 8.82. The highest BCUT2D eigenvalue weighted by atomic mass is 32.1. The SMILES string of the molecule is CC(C)(C)c1cc(C(=O)c2cccs2)cc(C(N)N2CCOCC2)c1O. The van der Waals surface area contributed by atoms with E-state index in [-0.39, 0.29) is 16.9 Å². The van der Waals surface area contributed by atoms with E-state index in [2.05, 4.69) is 4.90 Å². The van der Waals surface area contributed by atoms with Gasteiger partial charge in [0.25, 0.3) is 0 Å². The molecule has 0 radical (unpaired) electrons. The van der Waals surface area contributed by atoms with Gasteiger partial charge in [-0.1, -0.05) is 26.8 Å². The van der Waals surface area contributed by atoms with Gasteiger partial charge in [0.15, 0.2) is 0 Å². The van der Waals surface area contributed by atoms with E-state index in [1.807, 2.05) is 38.3 Å². The number of hydrogen-bond acceptors (Lipinski definition) is 6. The van der Waals surface area contributed by atoms with Crippen molar-refractivity contribution < 1.29 is 14.6 Å². The van der Waals surface area contributed by atoms with Crippen molar-refractivity contribution in [1.29, 1.82) is 0 Å². The molecule has 26 heavy (non-hydrogen) atoms. The van der Waals surface area contributed by atoms with Crippen molar-refractivity contribution in [3.63, 3.8) is 0 Å². The third-order valence-corrected chi connectivity index (χ3v) is 5.58. The standard InChI is InChI=1S/C20H26N2O3S/c1-20(2,3)15-12-13(17(23)16-5-4-10-26-16)11-14(18(15)24)19(21)22-6-8-25-9-7-22/h4-5,10-12,19,24H,6-9,21H2,1-3H3. The van der Waals surface area contributed by atoms with Crippen LogP contribution in [-0.4, -0.2) is 42.1 Å². The lowest BCUT2D eigenvalue weighted by Gasteiger charge is -2.33. The Hall–Kier alpha value is -1.73. The smallest absolute Gasteiger partial charge is 0.202 e. The molecule has 3 N–H and O–H groups in total. The molecule has 0 saturated carbocycles. The van der Waals surface area contributed by atoms with Crippen LogP contribution in [0, 0.1) is 0 Å². The number of carbonyl (C=O) groups excluding carboxylic acids is 1. The largest absolute Gasteiger partial charge is 0.507 e. The van der Waals surface area contributed by atoms with Gasteiger partial charge in [0.2, 0.25) is 5.78 Å². The molecular weight excluding hydrogens is 348 g/mol. The number of phenols is 1. The highest BCUT2D eigenvalue weighted by Gasteiger charge is 2.28. The van der Waals surface area contributed by atoms with Crippen LogP contribution in [0.4, 0.5) is 0 Å². The molecule has 1 saturated heterocycles. The first kappa shape index (κ1) is 19.0. The number of thiophene rings is 1. The van der Waals surface area contributed by atoms with Crippen LogP contribution < -0.4 is 5.73 Å². The van der Waals surface area contributed by atoms with Crippen LogP contribution in [0.3, 0.4) is 0 Å². The second-order valence-electron chi connectivity index (χ2n) is 7.61. The van der Waals surface area contributed by atoms with Gasteiger partial charge in [0, 0.05) is 29.8 Å². The van der Waals surface area contributed by atoms with Crippen molar-refractivity contribution in [1.82, 2.24) is 4.90 Å². The zero-order valence-electron chi connectivity index (χ0n) is 15.5.